The standard InChI is InChI=1S/C27H30N6O2/c1-4-12-29-26(34)32-27(3)10-8-19(9-11-27)13-22-7-6-20(16-30-22)24-14-23(35-5-2)18-33-25(24)21(15-28)17-31-33/h1,6-7,14,16-19H,5,8-13H2,2-3H3,(H2,29,32,34). The van der Waals surface area contributed by atoms with Crippen LogP contribution >= 0.6 is 0 Å². The van der Waals surface area contributed by atoms with Crippen molar-refractivity contribution in [1.82, 2.24) is 25.2 Å². The van der Waals surface area contributed by atoms with Crippen LogP contribution in [0, 0.1) is 29.6 Å². The molecule has 8 heteroatoms. The summed E-state index contributed by atoms with van der Waals surface area (Å²) in [6.45, 7) is 4.80. The van der Waals surface area contributed by atoms with E-state index >= 15 is 0 Å². The van der Waals surface area contributed by atoms with E-state index in [1.165, 1.54) is 0 Å². The van der Waals surface area contributed by atoms with Crippen LogP contribution in [-0.4, -0.2) is 39.3 Å². The number of rotatable bonds is 7. The Balaban J connectivity index is 1.44. The average molecular weight is 471 g/mol. The molecule has 1 aliphatic rings. The van der Waals surface area contributed by atoms with Gasteiger partial charge in [0.25, 0.3) is 0 Å². The van der Waals surface area contributed by atoms with Crippen LogP contribution in [0.5, 0.6) is 5.75 Å². The van der Waals surface area contributed by atoms with Crippen LogP contribution in [0.4, 0.5) is 4.79 Å². The molecule has 1 fully saturated rings. The highest BCUT2D eigenvalue weighted by atomic mass is 16.5. The number of amides is 2. The van der Waals surface area contributed by atoms with Gasteiger partial charge in [0.1, 0.15) is 11.8 Å². The van der Waals surface area contributed by atoms with Crippen molar-refractivity contribution in [2.24, 2.45) is 5.92 Å². The Kier molecular flexibility index (Phi) is 7.22. The first kappa shape index (κ1) is 24.1. The Hall–Kier alpha value is -4.04. The topological polar surface area (TPSA) is 104 Å². The van der Waals surface area contributed by atoms with Crippen LogP contribution in [0.1, 0.15) is 50.8 Å². The molecule has 3 heterocycles. The summed E-state index contributed by atoms with van der Waals surface area (Å²) in [5.41, 5.74) is 3.86. The van der Waals surface area contributed by atoms with Crippen LogP contribution in [0.25, 0.3) is 16.6 Å². The van der Waals surface area contributed by atoms with Crippen LogP contribution in [0.3, 0.4) is 0 Å². The molecule has 35 heavy (non-hydrogen) atoms. The molecule has 0 spiro atoms. The molecular weight excluding hydrogens is 440 g/mol. The first-order chi connectivity index (χ1) is 16.9. The lowest BCUT2D eigenvalue weighted by Gasteiger charge is -2.38. The Morgan fingerprint density at radius 2 is 2.14 bits per heavy atom. The third-order valence-electron chi connectivity index (χ3n) is 6.63. The third-order valence-corrected chi connectivity index (χ3v) is 6.63. The van der Waals surface area contributed by atoms with Crippen molar-refractivity contribution < 1.29 is 9.53 Å². The molecule has 180 valence electrons. The number of urea groups is 1. The van der Waals surface area contributed by atoms with E-state index in [0.717, 1.165) is 54.4 Å². The number of terminal acetylenes is 1. The van der Waals surface area contributed by atoms with Crippen molar-refractivity contribution in [2.45, 2.75) is 51.5 Å². The quantitative estimate of drug-likeness (QED) is 0.506. The second kappa shape index (κ2) is 10.5. The number of hydrogen-bond acceptors (Lipinski definition) is 5. The average Bonchev–Trinajstić information content (AvgIpc) is 3.27. The van der Waals surface area contributed by atoms with Crippen molar-refractivity contribution in [2.75, 3.05) is 13.2 Å². The fourth-order valence-electron chi connectivity index (χ4n) is 4.74. The van der Waals surface area contributed by atoms with Gasteiger partial charge in [0, 0.05) is 28.6 Å². The number of fused-ring (bicyclic) bond motifs is 1. The molecule has 8 nitrogen and oxygen atoms in total. The number of nitriles is 1. The Morgan fingerprint density at radius 1 is 1.34 bits per heavy atom. The molecule has 2 amide bonds. The maximum atomic E-state index is 12.0. The lowest BCUT2D eigenvalue weighted by Crippen LogP contribution is -2.52. The van der Waals surface area contributed by atoms with Crippen LogP contribution in [0.2, 0.25) is 0 Å². The van der Waals surface area contributed by atoms with E-state index in [2.05, 4.69) is 40.7 Å². The largest absolute Gasteiger partial charge is 0.492 e. The molecule has 0 unspecified atom stereocenters. The highest BCUT2D eigenvalue weighted by Crippen LogP contribution is 2.34. The number of carbonyl (C=O) groups excluding carboxylic acids is 1. The molecule has 0 aliphatic heterocycles. The van der Waals surface area contributed by atoms with Crippen molar-refractivity contribution in [1.29, 1.82) is 5.26 Å². The lowest BCUT2D eigenvalue weighted by atomic mass is 9.76. The molecule has 1 saturated carbocycles. The van der Waals surface area contributed by atoms with Gasteiger partial charge in [0.2, 0.25) is 0 Å². The van der Waals surface area contributed by atoms with E-state index in [9.17, 15) is 10.1 Å². The SMILES string of the molecule is C#CCNC(=O)NC1(C)CCC(Cc2ccc(-c3cc(OCC)cn4ncc(C#N)c34)cn2)CC1. The van der Waals surface area contributed by atoms with E-state index in [0.29, 0.717) is 23.8 Å². The maximum Gasteiger partial charge on any atom is 0.315 e. The van der Waals surface area contributed by atoms with Gasteiger partial charge in [-0.15, -0.1) is 6.42 Å². The van der Waals surface area contributed by atoms with Gasteiger partial charge in [0.15, 0.2) is 0 Å². The van der Waals surface area contributed by atoms with Crippen LogP contribution < -0.4 is 15.4 Å². The van der Waals surface area contributed by atoms with Crippen molar-refractivity contribution >= 4 is 11.5 Å². The molecule has 0 radical (unpaired) electrons. The minimum atomic E-state index is -0.215. The summed E-state index contributed by atoms with van der Waals surface area (Å²) in [6.07, 6.45) is 15.2. The zero-order chi connectivity index (χ0) is 24.8. The minimum Gasteiger partial charge on any atom is -0.492 e. The Bertz CT molecular complexity index is 1270. The molecular formula is C27H30N6O2. The second-order valence-corrected chi connectivity index (χ2v) is 9.24. The minimum absolute atomic E-state index is 0.207. The number of pyridine rings is 2. The smallest absolute Gasteiger partial charge is 0.315 e. The molecule has 0 saturated heterocycles. The number of carbonyl (C=O) groups is 1. The molecule has 2 N–H and O–H groups in total. The number of aromatic nitrogens is 3. The summed E-state index contributed by atoms with van der Waals surface area (Å²) < 4.78 is 7.39. The summed E-state index contributed by atoms with van der Waals surface area (Å²) in [5.74, 6) is 3.63. The van der Waals surface area contributed by atoms with Gasteiger partial charge in [-0.25, -0.2) is 9.31 Å². The first-order valence-corrected chi connectivity index (χ1v) is 11.9. The normalized spacial score (nSPS) is 19.5. The number of hydrogen-bond donors (Lipinski definition) is 2. The summed E-state index contributed by atoms with van der Waals surface area (Å²) >= 11 is 0. The van der Waals surface area contributed by atoms with Crippen molar-refractivity contribution in [3.63, 3.8) is 0 Å². The summed E-state index contributed by atoms with van der Waals surface area (Å²) in [7, 11) is 0. The van der Waals surface area contributed by atoms with E-state index < -0.39 is 0 Å². The maximum absolute atomic E-state index is 12.0. The van der Waals surface area contributed by atoms with Crippen LogP contribution in [-0.2, 0) is 6.42 Å². The lowest BCUT2D eigenvalue weighted by molar-refractivity contribution is 0.191. The second-order valence-electron chi connectivity index (χ2n) is 9.24. The molecule has 0 aromatic carbocycles. The van der Waals surface area contributed by atoms with Gasteiger partial charge in [-0.3, -0.25) is 4.98 Å². The van der Waals surface area contributed by atoms with E-state index in [1.54, 1.807) is 16.9 Å². The summed E-state index contributed by atoms with van der Waals surface area (Å²) in [4.78, 5) is 16.7. The summed E-state index contributed by atoms with van der Waals surface area (Å²) in [6, 6.07) is 8.06. The zero-order valence-corrected chi connectivity index (χ0v) is 20.2. The molecule has 3 aromatic heterocycles. The molecule has 0 atom stereocenters. The predicted molar refractivity (Wildman–Crippen MR) is 134 cm³/mol. The predicted octanol–water partition coefficient (Wildman–Crippen LogP) is 4.09. The van der Waals surface area contributed by atoms with Gasteiger partial charge in [-0.1, -0.05) is 12.0 Å². The van der Waals surface area contributed by atoms with E-state index in [1.807, 2.05) is 25.3 Å². The molecule has 0 bridgehead atoms. The van der Waals surface area contributed by atoms with Gasteiger partial charge in [0.05, 0.1) is 36.6 Å². The van der Waals surface area contributed by atoms with Crippen molar-refractivity contribution in [3.05, 3.63) is 48.0 Å². The molecule has 3 aromatic rings. The number of nitrogens with zero attached hydrogens (tertiary/aromatic N) is 4. The van der Waals surface area contributed by atoms with Gasteiger partial charge >= 0.3 is 6.03 Å². The Morgan fingerprint density at radius 3 is 2.80 bits per heavy atom. The van der Waals surface area contributed by atoms with E-state index in [-0.39, 0.29) is 18.1 Å². The molecule has 1 aliphatic carbocycles. The highest BCUT2D eigenvalue weighted by molar-refractivity contribution is 5.85. The Labute approximate surface area is 205 Å². The van der Waals surface area contributed by atoms with Gasteiger partial charge < -0.3 is 15.4 Å². The monoisotopic (exact) mass is 470 g/mol. The van der Waals surface area contributed by atoms with Crippen LogP contribution in [0.15, 0.2) is 36.8 Å². The van der Waals surface area contributed by atoms with E-state index in [4.69, 9.17) is 16.1 Å². The third kappa shape index (κ3) is 5.55. The number of ether oxygens (including phenoxy) is 1. The zero-order valence-electron chi connectivity index (χ0n) is 20.2. The number of nitrogens with one attached hydrogen (secondary N) is 2. The first-order valence-electron chi connectivity index (χ1n) is 11.9. The highest BCUT2D eigenvalue weighted by Gasteiger charge is 2.32. The van der Waals surface area contributed by atoms with Gasteiger partial charge in [-0.2, -0.15) is 10.4 Å². The summed E-state index contributed by atoms with van der Waals surface area (Å²) in [5, 5.41) is 19.6. The fourth-order valence-corrected chi connectivity index (χ4v) is 4.74. The van der Waals surface area contributed by atoms with Crippen molar-refractivity contribution in [3.8, 4) is 35.3 Å². The van der Waals surface area contributed by atoms with Gasteiger partial charge in [-0.05, 0) is 64.0 Å². The fraction of sp³-hybridized carbons (Fsp3) is 0.407. The molecule has 4 rings (SSSR count).